The van der Waals surface area contributed by atoms with Crippen molar-refractivity contribution in [1.82, 2.24) is 4.98 Å². The number of nitrogens with two attached hydrogens (primary N) is 1. The number of benzene rings is 1. The second-order valence-corrected chi connectivity index (χ2v) is 3.58. The molecule has 0 aliphatic heterocycles. The van der Waals surface area contributed by atoms with Crippen molar-refractivity contribution in [3.63, 3.8) is 0 Å². The van der Waals surface area contributed by atoms with Gasteiger partial charge in [-0.25, -0.2) is 0 Å². The van der Waals surface area contributed by atoms with Gasteiger partial charge in [0.05, 0.1) is 11.2 Å². The maximum Gasteiger partial charge on any atom is 0.0724 e. The number of anilines is 1. The zero-order valence-corrected chi connectivity index (χ0v) is 9.60. The first-order chi connectivity index (χ1) is 6.31. The zero-order valence-electron chi connectivity index (χ0n) is 7.20. The van der Waals surface area contributed by atoms with Crippen LogP contribution in [0.3, 0.4) is 0 Å². The summed E-state index contributed by atoms with van der Waals surface area (Å²) in [5.41, 5.74) is 4.45. The molecule has 1 heterocycles. The molecule has 0 atom stereocenters. The van der Waals surface area contributed by atoms with Crippen molar-refractivity contribution in [2.75, 3.05) is 5.43 Å². The lowest BCUT2D eigenvalue weighted by atomic mass is 10.2. The van der Waals surface area contributed by atoms with Crippen LogP contribution >= 0.6 is 28.3 Å². The summed E-state index contributed by atoms with van der Waals surface area (Å²) in [5.74, 6) is 5.37. The molecule has 0 radical (unpaired) electrons. The highest BCUT2D eigenvalue weighted by Crippen LogP contribution is 2.23. The van der Waals surface area contributed by atoms with Gasteiger partial charge >= 0.3 is 0 Å². The highest BCUT2D eigenvalue weighted by molar-refractivity contribution is 9.10. The Bertz CT molecular complexity index is 447. The van der Waals surface area contributed by atoms with E-state index in [0.717, 1.165) is 21.1 Å². The molecule has 0 fully saturated rings. The third-order valence-electron chi connectivity index (χ3n) is 1.86. The van der Waals surface area contributed by atoms with Crippen molar-refractivity contribution >= 4 is 44.9 Å². The molecule has 1 aromatic heterocycles. The predicted molar refractivity (Wildman–Crippen MR) is 64.5 cm³/mol. The number of hydrazine groups is 1. The molecule has 0 saturated carbocycles. The van der Waals surface area contributed by atoms with Gasteiger partial charge in [-0.2, -0.15) is 0 Å². The van der Waals surface area contributed by atoms with E-state index < -0.39 is 0 Å². The largest absolute Gasteiger partial charge is 0.323 e. The first-order valence-electron chi connectivity index (χ1n) is 3.82. The third kappa shape index (κ3) is 1.97. The Labute approximate surface area is 96.2 Å². The van der Waals surface area contributed by atoms with Gasteiger partial charge in [0.15, 0.2) is 0 Å². The number of pyridine rings is 1. The smallest absolute Gasteiger partial charge is 0.0724 e. The summed E-state index contributed by atoms with van der Waals surface area (Å²) in [5, 5.41) is 1.01. The van der Waals surface area contributed by atoms with Gasteiger partial charge in [0.2, 0.25) is 0 Å². The fourth-order valence-electron chi connectivity index (χ4n) is 1.24. The van der Waals surface area contributed by atoms with E-state index in [1.54, 1.807) is 6.20 Å². The normalized spacial score (nSPS) is 9.57. The summed E-state index contributed by atoms with van der Waals surface area (Å²) in [6, 6.07) is 7.72. The van der Waals surface area contributed by atoms with E-state index in [1.807, 2.05) is 24.3 Å². The molecule has 2 aromatic rings. The zero-order chi connectivity index (χ0) is 9.26. The summed E-state index contributed by atoms with van der Waals surface area (Å²) in [7, 11) is 0. The third-order valence-corrected chi connectivity index (χ3v) is 2.35. The molecular formula is C9H9BrClN3. The van der Waals surface area contributed by atoms with Crippen LogP contribution in [-0.2, 0) is 0 Å². The van der Waals surface area contributed by atoms with Crippen LogP contribution in [0.1, 0.15) is 0 Å². The van der Waals surface area contributed by atoms with Crippen LogP contribution in [0.5, 0.6) is 0 Å². The van der Waals surface area contributed by atoms with Crippen molar-refractivity contribution in [2.45, 2.75) is 0 Å². The first kappa shape index (κ1) is 11.2. The first-order valence-corrected chi connectivity index (χ1v) is 4.61. The maximum atomic E-state index is 5.37. The van der Waals surface area contributed by atoms with Crippen molar-refractivity contribution in [3.05, 3.63) is 34.9 Å². The molecule has 0 bridgehead atoms. The standard InChI is InChI=1S/C9H8BrN3.ClH/c10-6-1-2-8-7(5-6)9(13-11)3-4-12-8;/h1-5H,11H2,(H,12,13);1H. The fourth-order valence-corrected chi connectivity index (χ4v) is 1.61. The number of halogens is 2. The van der Waals surface area contributed by atoms with Crippen molar-refractivity contribution in [3.8, 4) is 0 Å². The van der Waals surface area contributed by atoms with E-state index in [0.29, 0.717) is 0 Å². The number of fused-ring (bicyclic) bond motifs is 1. The minimum atomic E-state index is 0. The lowest BCUT2D eigenvalue weighted by Crippen LogP contribution is -2.07. The van der Waals surface area contributed by atoms with Crippen LogP contribution in [0.4, 0.5) is 5.69 Å². The quantitative estimate of drug-likeness (QED) is 0.621. The molecule has 74 valence electrons. The van der Waals surface area contributed by atoms with Crippen LogP contribution < -0.4 is 11.3 Å². The van der Waals surface area contributed by atoms with E-state index >= 15 is 0 Å². The molecule has 14 heavy (non-hydrogen) atoms. The average molecular weight is 275 g/mol. The van der Waals surface area contributed by atoms with Crippen molar-refractivity contribution in [2.24, 2.45) is 5.84 Å². The maximum absolute atomic E-state index is 5.37. The van der Waals surface area contributed by atoms with E-state index in [2.05, 4.69) is 26.3 Å². The van der Waals surface area contributed by atoms with Crippen LogP contribution in [0.15, 0.2) is 34.9 Å². The van der Waals surface area contributed by atoms with E-state index in [1.165, 1.54) is 0 Å². The van der Waals surface area contributed by atoms with Gasteiger partial charge in [-0.15, -0.1) is 12.4 Å². The van der Waals surface area contributed by atoms with Gasteiger partial charge in [0.25, 0.3) is 0 Å². The molecule has 0 spiro atoms. The van der Waals surface area contributed by atoms with Crippen LogP contribution in [0.25, 0.3) is 10.9 Å². The van der Waals surface area contributed by atoms with Gasteiger partial charge in [0.1, 0.15) is 0 Å². The van der Waals surface area contributed by atoms with Gasteiger partial charge in [-0.3, -0.25) is 10.8 Å². The SMILES string of the molecule is Cl.NNc1ccnc2ccc(Br)cc12. The molecule has 3 nitrogen and oxygen atoms in total. The molecule has 2 rings (SSSR count). The second kappa shape index (κ2) is 4.59. The Hall–Kier alpha value is -0.840. The van der Waals surface area contributed by atoms with E-state index in [-0.39, 0.29) is 12.4 Å². The summed E-state index contributed by atoms with van der Waals surface area (Å²) in [6.45, 7) is 0. The van der Waals surface area contributed by atoms with Crippen LogP contribution in [0, 0.1) is 0 Å². The lowest BCUT2D eigenvalue weighted by Gasteiger charge is -2.04. The van der Waals surface area contributed by atoms with Crippen molar-refractivity contribution < 1.29 is 0 Å². The number of aromatic nitrogens is 1. The topological polar surface area (TPSA) is 50.9 Å². The highest BCUT2D eigenvalue weighted by Gasteiger charge is 1.99. The van der Waals surface area contributed by atoms with Crippen LogP contribution in [0.2, 0.25) is 0 Å². The molecular weight excluding hydrogens is 265 g/mol. The van der Waals surface area contributed by atoms with Gasteiger partial charge < -0.3 is 5.43 Å². The molecule has 0 unspecified atom stereocenters. The molecule has 1 aromatic carbocycles. The van der Waals surface area contributed by atoms with Gasteiger partial charge in [-0.05, 0) is 24.3 Å². The second-order valence-electron chi connectivity index (χ2n) is 2.66. The Balaban J connectivity index is 0.000000980. The minimum absolute atomic E-state index is 0. The fraction of sp³-hybridized carbons (Fsp3) is 0. The molecule has 0 amide bonds. The number of nitrogens with zero attached hydrogens (tertiary/aromatic N) is 1. The molecule has 3 N–H and O–H groups in total. The number of nitrogen functional groups attached to an aromatic ring is 1. The summed E-state index contributed by atoms with van der Waals surface area (Å²) < 4.78 is 1.02. The van der Waals surface area contributed by atoms with E-state index in [9.17, 15) is 0 Å². The summed E-state index contributed by atoms with van der Waals surface area (Å²) >= 11 is 3.40. The Kier molecular flexibility index (Phi) is 3.69. The molecule has 0 saturated heterocycles. The highest BCUT2D eigenvalue weighted by atomic mass is 79.9. The average Bonchev–Trinajstić information content (AvgIpc) is 2.17. The minimum Gasteiger partial charge on any atom is -0.323 e. The van der Waals surface area contributed by atoms with Crippen LogP contribution in [-0.4, -0.2) is 4.98 Å². The van der Waals surface area contributed by atoms with Gasteiger partial charge in [0, 0.05) is 16.1 Å². The number of rotatable bonds is 1. The predicted octanol–water partition coefficient (Wildman–Crippen LogP) is 2.70. The Morgan fingerprint density at radius 3 is 2.79 bits per heavy atom. The van der Waals surface area contributed by atoms with Gasteiger partial charge in [-0.1, -0.05) is 15.9 Å². The van der Waals surface area contributed by atoms with E-state index in [4.69, 9.17) is 5.84 Å². The Morgan fingerprint density at radius 2 is 2.07 bits per heavy atom. The Morgan fingerprint density at radius 1 is 1.29 bits per heavy atom. The monoisotopic (exact) mass is 273 g/mol. The molecule has 0 aliphatic carbocycles. The number of hydrogen-bond acceptors (Lipinski definition) is 3. The summed E-state index contributed by atoms with van der Waals surface area (Å²) in [6.07, 6.45) is 1.73. The molecule has 0 aliphatic rings. The lowest BCUT2D eigenvalue weighted by molar-refractivity contribution is 1.33. The number of nitrogens with one attached hydrogen (secondary N) is 1. The van der Waals surface area contributed by atoms with Crippen molar-refractivity contribution in [1.29, 1.82) is 0 Å². The molecule has 5 heteroatoms. The number of hydrogen-bond donors (Lipinski definition) is 2. The summed E-state index contributed by atoms with van der Waals surface area (Å²) in [4.78, 5) is 4.21.